The number of benzene rings is 1. The van der Waals surface area contributed by atoms with Crippen molar-refractivity contribution >= 4 is 11.0 Å². The third kappa shape index (κ3) is 1.85. The highest BCUT2D eigenvalue weighted by atomic mass is 16.3. The van der Waals surface area contributed by atoms with Gasteiger partial charge < -0.3 is 10.2 Å². The molecule has 0 aliphatic heterocycles. The van der Waals surface area contributed by atoms with Crippen LogP contribution in [0.5, 0.6) is 0 Å². The summed E-state index contributed by atoms with van der Waals surface area (Å²) in [4.78, 5) is 0. The first kappa shape index (κ1) is 11.2. The smallest absolute Gasteiger partial charge is 0.137 e. The minimum Gasteiger partial charge on any atom is -0.464 e. The molecule has 0 bridgehead atoms. The van der Waals surface area contributed by atoms with Crippen molar-refractivity contribution in [3.8, 4) is 0 Å². The third-order valence-corrected chi connectivity index (χ3v) is 2.90. The average molecular weight is 217 g/mol. The lowest BCUT2D eigenvalue weighted by atomic mass is 9.86. The first-order valence-electron chi connectivity index (χ1n) is 5.73. The maximum atomic E-state index is 5.70. The third-order valence-electron chi connectivity index (χ3n) is 2.90. The van der Waals surface area contributed by atoms with Gasteiger partial charge in [-0.15, -0.1) is 0 Å². The lowest BCUT2D eigenvalue weighted by Gasteiger charge is -2.16. The van der Waals surface area contributed by atoms with E-state index < -0.39 is 0 Å². The van der Waals surface area contributed by atoms with Gasteiger partial charge >= 0.3 is 0 Å². The molecule has 2 nitrogen and oxygen atoms in total. The summed E-state index contributed by atoms with van der Waals surface area (Å²) in [6.07, 6.45) is 2.75. The molecule has 2 N–H and O–H groups in total. The van der Waals surface area contributed by atoms with E-state index in [9.17, 15) is 0 Å². The molecule has 0 atom stereocenters. The van der Waals surface area contributed by atoms with Crippen LogP contribution in [-0.2, 0) is 11.8 Å². The van der Waals surface area contributed by atoms with Gasteiger partial charge in [0.05, 0.1) is 6.26 Å². The van der Waals surface area contributed by atoms with E-state index in [1.807, 2.05) is 6.26 Å². The summed E-state index contributed by atoms with van der Waals surface area (Å²) in [6.45, 7) is 7.26. The van der Waals surface area contributed by atoms with Crippen molar-refractivity contribution in [1.29, 1.82) is 0 Å². The van der Waals surface area contributed by atoms with E-state index in [-0.39, 0.29) is 5.41 Å². The molecular formula is C14H19NO. The minimum atomic E-state index is 0.118. The molecule has 86 valence electrons. The van der Waals surface area contributed by atoms with Gasteiger partial charge in [0.25, 0.3) is 0 Å². The van der Waals surface area contributed by atoms with E-state index in [2.05, 4.69) is 39.0 Å². The van der Waals surface area contributed by atoms with E-state index in [0.717, 1.165) is 12.0 Å². The highest BCUT2D eigenvalue weighted by Crippen LogP contribution is 2.33. The Bertz CT molecular complexity index is 491. The van der Waals surface area contributed by atoms with E-state index in [0.29, 0.717) is 6.54 Å². The zero-order valence-corrected chi connectivity index (χ0v) is 10.2. The van der Waals surface area contributed by atoms with Crippen LogP contribution in [0.2, 0.25) is 0 Å². The van der Waals surface area contributed by atoms with Crippen molar-refractivity contribution in [3.05, 3.63) is 35.6 Å². The molecule has 0 unspecified atom stereocenters. The second-order valence-corrected chi connectivity index (χ2v) is 5.23. The summed E-state index contributed by atoms with van der Waals surface area (Å²) in [5, 5.41) is 1.22. The van der Waals surface area contributed by atoms with Crippen LogP contribution >= 0.6 is 0 Å². The Morgan fingerprint density at radius 1 is 1.25 bits per heavy atom. The van der Waals surface area contributed by atoms with Crippen LogP contribution in [0.25, 0.3) is 11.0 Å². The topological polar surface area (TPSA) is 39.2 Å². The molecule has 0 aliphatic rings. The van der Waals surface area contributed by atoms with Crippen LogP contribution in [0.1, 0.15) is 31.9 Å². The number of nitrogens with two attached hydrogens (primary N) is 1. The van der Waals surface area contributed by atoms with Crippen molar-refractivity contribution in [2.45, 2.75) is 32.6 Å². The van der Waals surface area contributed by atoms with Crippen molar-refractivity contribution in [3.63, 3.8) is 0 Å². The van der Waals surface area contributed by atoms with Crippen LogP contribution in [0.15, 0.2) is 28.9 Å². The van der Waals surface area contributed by atoms with Gasteiger partial charge in [0.2, 0.25) is 0 Å². The molecular weight excluding hydrogens is 198 g/mol. The summed E-state index contributed by atoms with van der Waals surface area (Å²) in [5.41, 5.74) is 9.19. The second kappa shape index (κ2) is 3.95. The van der Waals surface area contributed by atoms with E-state index in [4.69, 9.17) is 10.2 Å². The van der Waals surface area contributed by atoms with Crippen molar-refractivity contribution in [2.75, 3.05) is 6.54 Å². The van der Waals surface area contributed by atoms with Crippen LogP contribution in [0.3, 0.4) is 0 Å². The Morgan fingerprint density at radius 2 is 2.00 bits per heavy atom. The largest absolute Gasteiger partial charge is 0.464 e. The normalized spacial score (nSPS) is 12.2. The van der Waals surface area contributed by atoms with Crippen molar-refractivity contribution in [1.82, 2.24) is 0 Å². The van der Waals surface area contributed by atoms with Gasteiger partial charge in [-0.05, 0) is 23.9 Å². The zero-order chi connectivity index (χ0) is 11.8. The lowest BCUT2D eigenvalue weighted by molar-refractivity contribution is 0.556. The summed E-state index contributed by atoms with van der Waals surface area (Å²) < 4.78 is 5.70. The van der Waals surface area contributed by atoms with E-state index >= 15 is 0 Å². The molecule has 1 aromatic carbocycles. The molecule has 2 rings (SSSR count). The highest BCUT2D eigenvalue weighted by Gasteiger charge is 2.20. The quantitative estimate of drug-likeness (QED) is 0.838. The van der Waals surface area contributed by atoms with Gasteiger partial charge in [0.15, 0.2) is 0 Å². The van der Waals surface area contributed by atoms with E-state index in [1.54, 1.807) is 0 Å². The fourth-order valence-corrected chi connectivity index (χ4v) is 2.05. The van der Waals surface area contributed by atoms with Crippen molar-refractivity contribution < 1.29 is 4.42 Å². The van der Waals surface area contributed by atoms with Gasteiger partial charge in [0, 0.05) is 10.9 Å². The number of rotatable bonds is 2. The lowest BCUT2D eigenvalue weighted by Crippen LogP contribution is -2.10. The second-order valence-electron chi connectivity index (χ2n) is 5.23. The molecule has 0 saturated carbocycles. The standard InChI is InChI=1S/C14H19NO/c1-14(2,3)12-9-16-13-10(7-8-15)5-4-6-11(12)13/h4-6,9H,7-8,15H2,1-3H3. The van der Waals surface area contributed by atoms with Gasteiger partial charge in [-0.3, -0.25) is 0 Å². The van der Waals surface area contributed by atoms with Gasteiger partial charge in [0.1, 0.15) is 5.58 Å². The SMILES string of the molecule is CC(C)(C)c1coc2c(CCN)cccc12. The monoisotopic (exact) mass is 217 g/mol. The molecule has 0 fully saturated rings. The number of furan rings is 1. The maximum Gasteiger partial charge on any atom is 0.137 e. The average Bonchev–Trinajstić information content (AvgIpc) is 2.62. The minimum absolute atomic E-state index is 0.118. The Hall–Kier alpha value is -1.28. The molecule has 0 aliphatic carbocycles. The van der Waals surface area contributed by atoms with Gasteiger partial charge in [-0.2, -0.15) is 0 Å². The molecule has 1 heterocycles. The Kier molecular flexibility index (Phi) is 2.76. The van der Waals surface area contributed by atoms with Crippen LogP contribution in [0, 0.1) is 0 Å². The molecule has 2 heteroatoms. The molecule has 0 saturated heterocycles. The Balaban J connectivity index is 2.62. The van der Waals surface area contributed by atoms with E-state index in [1.165, 1.54) is 16.5 Å². The molecule has 0 spiro atoms. The summed E-state index contributed by atoms with van der Waals surface area (Å²) in [6, 6.07) is 6.29. The molecule has 0 amide bonds. The summed E-state index contributed by atoms with van der Waals surface area (Å²) in [7, 11) is 0. The molecule has 2 aromatic rings. The van der Waals surface area contributed by atoms with Gasteiger partial charge in [-0.25, -0.2) is 0 Å². The molecule has 0 radical (unpaired) electrons. The van der Waals surface area contributed by atoms with Crippen LogP contribution in [0.4, 0.5) is 0 Å². The zero-order valence-electron chi connectivity index (χ0n) is 10.2. The summed E-state index contributed by atoms with van der Waals surface area (Å²) >= 11 is 0. The van der Waals surface area contributed by atoms with Crippen LogP contribution in [-0.4, -0.2) is 6.54 Å². The van der Waals surface area contributed by atoms with Gasteiger partial charge in [-0.1, -0.05) is 39.0 Å². The van der Waals surface area contributed by atoms with Crippen LogP contribution < -0.4 is 5.73 Å². The predicted molar refractivity (Wildman–Crippen MR) is 67.7 cm³/mol. The van der Waals surface area contributed by atoms with Crippen molar-refractivity contribution in [2.24, 2.45) is 5.73 Å². The molecule has 1 aromatic heterocycles. The highest BCUT2D eigenvalue weighted by molar-refractivity contribution is 5.84. The number of fused-ring (bicyclic) bond motifs is 1. The number of para-hydroxylation sites is 1. The Labute approximate surface area is 96.4 Å². The summed E-state index contributed by atoms with van der Waals surface area (Å²) in [5.74, 6) is 0. The number of hydrogen-bond donors (Lipinski definition) is 1. The maximum absolute atomic E-state index is 5.70. The predicted octanol–water partition coefficient (Wildman–Crippen LogP) is 3.23. The first-order valence-corrected chi connectivity index (χ1v) is 5.73. The fraction of sp³-hybridized carbons (Fsp3) is 0.429. The number of hydrogen-bond acceptors (Lipinski definition) is 2. The first-order chi connectivity index (χ1) is 7.54. The Morgan fingerprint density at radius 3 is 2.62 bits per heavy atom. The molecule has 16 heavy (non-hydrogen) atoms. The fourth-order valence-electron chi connectivity index (χ4n) is 2.05.